The molecule has 116 valence electrons. The molecule has 0 aliphatic heterocycles. The van der Waals surface area contributed by atoms with Crippen LogP contribution in [0.1, 0.15) is 25.8 Å². The summed E-state index contributed by atoms with van der Waals surface area (Å²) in [7, 11) is -3.65. The van der Waals surface area contributed by atoms with Crippen LogP contribution >= 0.6 is 0 Å². The van der Waals surface area contributed by atoms with Gasteiger partial charge in [0.1, 0.15) is 0 Å². The molecule has 21 heavy (non-hydrogen) atoms. The summed E-state index contributed by atoms with van der Waals surface area (Å²) in [4.78, 5) is 0.178. The third-order valence-electron chi connectivity index (χ3n) is 2.91. The van der Waals surface area contributed by atoms with E-state index < -0.39 is 10.0 Å². The summed E-state index contributed by atoms with van der Waals surface area (Å²) in [6.07, 6.45) is 0.397. The molecule has 0 saturated carbocycles. The molecule has 0 fully saturated rings. The third kappa shape index (κ3) is 4.55. The van der Waals surface area contributed by atoms with Gasteiger partial charge in [-0.1, -0.05) is 24.0 Å². The molecule has 1 aromatic carbocycles. The van der Waals surface area contributed by atoms with Gasteiger partial charge in [-0.05, 0) is 32.4 Å². The van der Waals surface area contributed by atoms with E-state index in [2.05, 4.69) is 11.8 Å². The number of aliphatic hydroxyl groups excluding tert-OH is 1. The largest absolute Gasteiger partial charge is 0.396 e. The lowest BCUT2D eigenvalue weighted by molar-refractivity contribution is 0.258. The van der Waals surface area contributed by atoms with Gasteiger partial charge in [0.15, 0.2) is 0 Å². The summed E-state index contributed by atoms with van der Waals surface area (Å²) in [6.45, 7) is 4.02. The Balaban J connectivity index is 3.28. The van der Waals surface area contributed by atoms with Crippen LogP contribution in [0.3, 0.4) is 0 Å². The molecule has 0 spiro atoms. The second-order valence-corrected chi connectivity index (χ2v) is 6.65. The number of nitrogens with two attached hydrogens (primary N) is 1. The van der Waals surface area contributed by atoms with Gasteiger partial charge < -0.3 is 10.8 Å². The average Bonchev–Trinajstić information content (AvgIpc) is 2.45. The van der Waals surface area contributed by atoms with Gasteiger partial charge in [0, 0.05) is 24.8 Å². The van der Waals surface area contributed by atoms with Crippen molar-refractivity contribution < 1.29 is 13.5 Å². The molecule has 6 heteroatoms. The number of nitrogens with zero attached hydrogens (tertiary/aromatic N) is 1. The van der Waals surface area contributed by atoms with Gasteiger partial charge in [0.25, 0.3) is 0 Å². The quantitative estimate of drug-likeness (QED) is 0.761. The maximum absolute atomic E-state index is 12.8. The Morgan fingerprint density at radius 3 is 2.57 bits per heavy atom. The van der Waals surface area contributed by atoms with Crippen molar-refractivity contribution >= 4 is 10.0 Å². The SMILES string of the molecule is CC(C)N(CCCO)S(=O)(=O)c1ccccc1C#CCN. The molecular weight excluding hydrogens is 288 g/mol. The number of rotatable bonds is 6. The summed E-state index contributed by atoms with van der Waals surface area (Å²) in [5.74, 6) is 5.48. The van der Waals surface area contributed by atoms with Gasteiger partial charge in [-0.2, -0.15) is 4.31 Å². The zero-order valence-electron chi connectivity index (χ0n) is 12.4. The summed E-state index contributed by atoms with van der Waals surface area (Å²) >= 11 is 0. The van der Waals surface area contributed by atoms with Crippen LogP contribution in [0.25, 0.3) is 0 Å². The highest BCUT2D eigenvalue weighted by Crippen LogP contribution is 2.21. The topological polar surface area (TPSA) is 83.6 Å². The molecular formula is C15H22N2O3S. The van der Waals surface area contributed by atoms with Crippen LogP contribution in [0.2, 0.25) is 0 Å². The van der Waals surface area contributed by atoms with E-state index in [4.69, 9.17) is 10.8 Å². The van der Waals surface area contributed by atoms with Crippen LogP contribution in [-0.4, -0.2) is 43.6 Å². The Bertz CT molecular complexity index is 615. The molecule has 0 unspecified atom stereocenters. The number of hydrogen-bond acceptors (Lipinski definition) is 4. The highest BCUT2D eigenvalue weighted by molar-refractivity contribution is 7.89. The highest BCUT2D eigenvalue weighted by Gasteiger charge is 2.28. The molecule has 0 heterocycles. The van der Waals surface area contributed by atoms with Crippen molar-refractivity contribution in [3.05, 3.63) is 29.8 Å². The van der Waals surface area contributed by atoms with E-state index in [1.54, 1.807) is 24.3 Å². The maximum Gasteiger partial charge on any atom is 0.244 e. The first kappa shape index (κ1) is 17.7. The summed E-state index contributed by atoms with van der Waals surface area (Å²) < 4.78 is 27.0. The molecule has 1 aromatic rings. The van der Waals surface area contributed by atoms with Crippen LogP contribution in [0, 0.1) is 11.8 Å². The Morgan fingerprint density at radius 2 is 2.00 bits per heavy atom. The van der Waals surface area contributed by atoms with Gasteiger partial charge in [0.05, 0.1) is 11.4 Å². The number of hydrogen-bond donors (Lipinski definition) is 2. The number of aliphatic hydroxyl groups is 1. The van der Waals surface area contributed by atoms with Crippen molar-refractivity contribution in [1.29, 1.82) is 0 Å². The van der Waals surface area contributed by atoms with Gasteiger partial charge in [0.2, 0.25) is 10.0 Å². The Hall–Kier alpha value is -1.39. The van der Waals surface area contributed by atoms with Crippen molar-refractivity contribution in [3.63, 3.8) is 0 Å². The zero-order valence-corrected chi connectivity index (χ0v) is 13.2. The molecule has 0 radical (unpaired) electrons. The molecule has 0 bridgehead atoms. The Morgan fingerprint density at radius 1 is 1.33 bits per heavy atom. The lowest BCUT2D eigenvalue weighted by Gasteiger charge is -2.26. The first-order valence-corrected chi connectivity index (χ1v) is 8.29. The number of benzene rings is 1. The Labute approximate surface area is 126 Å². The molecule has 1 rings (SSSR count). The van der Waals surface area contributed by atoms with Crippen molar-refractivity contribution in [2.24, 2.45) is 5.73 Å². The first-order chi connectivity index (χ1) is 9.95. The minimum atomic E-state index is -3.65. The van der Waals surface area contributed by atoms with E-state index in [9.17, 15) is 8.42 Å². The van der Waals surface area contributed by atoms with E-state index in [0.29, 0.717) is 12.0 Å². The minimum Gasteiger partial charge on any atom is -0.396 e. The van der Waals surface area contributed by atoms with Gasteiger partial charge >= 0.3 is 0 Å². The van der Waals surface area contributed by atoms with Crippen molar-refractivity contribution in [3.8, 4) is 11.8 Å². The van der Waals surface area contributed by atoms with Crippen molar-refractivity contribution in [1.82, 2.24) is 4.31 Å². The summed E-state index contributed by atoms with van der Waals surface area (Å²) in [5, 5.41) is 8.95. The van der Waals surface area contributed by atoms with E-state index >= 15 is 0 Å². The highest BCUT2D eigenvalue weighted by atomic mass is 32.2. The van der Waals surface area contributed by atoms with Gasteiger partial charge in [-0.15, -0.1) is 0 Å². The fourth-order valence-corrected chi connectivity index (χ4v) is 3.77. The molecule has 3 N–H and O–H groups in total. The fraction of sp³-hybridized carbons (Fsp3) is 0.467. The lowest BCUT2D eigenvalue weighted by Crippen LogP contribution is -2.38. The smallest absolute Gasteiger partial charge is 0.244 e. The number of sulfonamides is 1. The minimum absolute atomic E-state index is 0.0482. The van der Waals surface area contributed by atoms with Gasteiger partial charge in [-0.25, -0.2) is 8.42 Å². The fourth-order valence-electron chi connectivity index (χ4n) is 1.95. The standard InChI is InChI=1S/C15H22N2O3S/c1-13(2)17(11-6-12-18)21(19,20)15-9-4-3-7-14(15)8-5-10-16/h3-4,7,9,13,18H,6,10-12,16H2,1-2H3. The van der Waals surface area contributed by atoms with Crippen molar-refractivity contribution in [2.45, 2.75) is 31.2 Å². The molecule has 0 aromatic heterocycles. The van der Waals surface area contributed by atoms with E-state index in [1.807, 2.05) is 13.8 Å². The van der Waals surface area contributed by atoms with Gasteiger partial charge in [-0.3, -0.25) is 0 Å². The monoisotopic (exact) mass is 310 g/mol. The van der Waals surface area contributed by atoms with Crippen molar-refractivity contribution in [2.75, 3.05) is 19.7 Å². The van der Waals surface area contributed by atoms with Crippen LogP contribution < -0.4 is 5.73 Å². The summed E-state index contributed by atoms with van der Waals surface area (Å²) in [6, 6.07) is 6.43. The third-order valence-corrected chi connectivity index (χ3v) is 5.04. The van der Waals surface area contributed by atoms with Crippen LogP contribution in [0.5, 0.6) is 0 Å². The van der Waals surface area contributed by atoms with Crippen LogP contribution in [-0.2, 0) is 10.0 Å². The van der Waals surface area contributed by atoms with E-state index in [-0.39, 0.29) is 30.6 Å². The lowest BCUT2D eigenvalue weighted by atomic mass is 10.2. The molecule has 0 atom stereocenters. The normalized spacial score (nSPS) is 11.5. The predicted octanol–water partition coefficient (Wildman–Crippen LogP) is 0.778. The predicted molar refractivity (Wildman–Crippen MR) is 83.1 cm³/mol. The maximum atomic E-state index is 12.8. The molecule has 0 amide bonds. The molecule has 0 aliphatic rings. The summed E-state index contributed by atoms with van der Waals surface area (Å²) in [5.41, 5.74) is 5.79. The van der Waals surface area contributed by atoms with E-state index in [0.717, 1.165) is 0 Å². The van der Waals surface area contributed by atoms with Crippen LogP contribution in [0.15, 0.2) is 29.2 Å². The molecule has 0 saturated heterocycles. The van der Waals surface area contributed by atoms with E-state index in [1.165, 1.54) is 4.31 Å². The Kier molecular flexibility index (Phi) is 6.85. The second kappa shape index (κ2) is 8.15. The molecule has 5 nitrogen and oxygen atoms in total. The average molecular weight is 310 g/mol. The van der Waals surface area contributed by atoms with Crippen LogP contribution in [0.4, 0.5) is 0 Å². The first-order valence-electron chi connectivity index (χ1n) is 6.85. The second-order valence-electron chi connectivity index (χ2n) is 4.79. The molecule has 0 aliphatic carbocycles. The zero-order chi connectivity index (χ0) is 15.9.